The number of piperidine rings is 1. The second kappa shape index (κ2) is 4.99. The first-order chi connectivity index (χ1) is 7.25. The van der Waals surface area contributed by atoms with Crippen LogP contribution in [0.25, 0.3) is 0 Å². The van der Waals surface area contributed by atoms with Crippen molar-refractivity contribution in [3.8, 4) is 5.75 Å². The van der Waals surface area contributed by atoms with E-state index in [4.69, 9.17) is 0 Å². The number of aromatic hydroxyl groups is 1. The van der Waals surface area contributed by atoms with E-state index < -0.39 is 0 Å². The molecule has 0 amide bonds. The summed E-state index contributed by atoms with van der Waals surface area (Å²) in [6.45, 7) is 2.28. The van der Waals surface area contributed by atoms with E-state index in [-0.39, 0.29) is 0 Å². The normalized spacial score (nSPS) is 17.9. The van der Waals surface area contributed by atoms with Crippen LogP contribution < -0.4 is 5.32 Å². The Kier molecular flexibility index (Phi) is 3.65. The quantitative estimate of drug-likeness (QED) is 0.866. The molecule has 82 valence electrons. The molecule has 1 aromatic carbocycles. The minimum Gasteiger partial charge on any atom is -0.508 e. The molecule has 2 rings (SSSR count). The fourth-order valence-electron chi connectivity index (χ4n) is 2.10. The Hall–Kier alpha value is -0.540. The van der Waals surface area contributed by atoms with E-state index in [9.17, 15) is 5.11 Å². The molecule has 0 aromatic heterocycles. The molecule has 1 aromatic rings. The summed E-state index contributed by atoms with van der Waals surface area (Å²) in [5, 5.41) is 12.7. The molecule has 2 nitrogen and oxygen atoms in total. The lowest BCUT2D eigenvalue weighted by Gasteiger charge is -2.23. The van der Waals surface area contributed by atoms with Gasteiger partial charge in [-0.3, -0.25) is 0 Å². The van der Waals surface area contributed by atoms with Crippen molar-refractivity contribution in [1.29, 1.82) is 0 Å². The van der Waals surface area contributed by atoms with Crippen molar-refractivity contribution in [2.75, 3.05) is 13.1 Å². The van der Waals surface area contributed by atoms with Gasteiger partial charge in [0.2, 0.25) is 0 Å². The third kappa shape index (κ3) is 2.95. The van der Waals surface area contributed by atoms with E-state index in [0.29, 0.717) is 5.75 Å². The monoisotopic (exact) mass is 269 g/mol. The largest absolute Gasteiger partial charge is 0.508 e. The van der Waals surface area contributed by atoms with Gasteiger partial charge in [0.15, 0.2) is 0 Å². The summed E-state index contributed by atoms with van der Waals surface area (Å²) in [7, 11) is 0. The predicted octanol–water partition coefficient (Wildman–Crippen LogP) is 2.70. The van der Waals surface area contributed by atoms with Crippen molar-refractivity contribution in [2.24, 2.45) is 5.92 Å². The number of rotatable bonds is 2. The van der Waals surface area contributed by atoms with Crippen molar-refractivity contribution in [3.63, 3.8) is 0 Å². The summed E-state index contributed by atoms with van der Waals surface area (Å²) < 4.78 is 1.03. The minimum atomic E-state index is 0.330. The first-order valence-corrected chi connectivity index (χ1v) is 6.23. The number of hydrogen-bond donors (Lipinski definition) is 2. The fourth-order valence-corrected chi connectivity index (χ4v) is 2.63. The van der Waals surface area contributed by atoms with Gasteiger partial charge < -0.3 is 10.4 Å². The van der Waals surface area contributed by atoms with Gasteiger partial charge in [-0.15, -0.1) is 0 Å². The molecule has 1 heterocycles. The summed E-state index contributed by atoms with van der Waals surface area (Å²) in [4.78, 5) is 0. The lowest BCUT2D eigenvalue weighted by molar-refractivity contribution is 0.372. The molecule has 0 unspecified atom stereocenters. The van der Waals surface area contributed by atoms with Crippen molar-refractivity contribution >= 4 is 15.9 Å². The van der Waals surface area contributed by atoms with E-state index in [1.807, 2.05) is 6.07 Å². The van der Waals surface area contributed by atoms with Gasteiger partial charge in [0.05, 0.1) is 0 Å². The van der Waals surface area contributed by atoms with Crippen LogP contribution in [0.15, 0.2) is 22.7 Å². The second-order valence-electron chi connectivity index (χ2n) is 4.17. The van der Waals surface area contributed by atoms with E-state index in [2.05, 4.69) is 21.2 Å². The van der Waals surface area contributed by atoms with Crippen LogP contribution in [0, 0.1) is 5.92 Å². The van der Waals surface area contributed by atoms with E-state index >= 15 is 0 Å². The Morgan fingerprint density at radius 2 is 2.07 bits per heavy atom. The zero-order chi connectivity index (χ0) is 10.7. The summed E-state index contributed by atoms with van der Waals surface area (Å²) >= 11 is 3.50. The highest BCUT2D eigenvalue weighted by atomic mass is 79.9. The lowest BCUT2D eigenvalue weighted by Crippen LogP contribution is -2.28. The average Bonchev–Trinajstić information content (AvgIpc) is 2.24. The third-order valence-corrected chi connectivity index (χ3v) is 3.74. The van der Waals surface area contributed by atoms with Crippen molar-refractivity contribution in [1.82, 2.24) is 5.32 Å². The molecule has 1 aliphatic rings. The Morgan fingerprint density at radius 3 is 2.73 bits per heavy atom. The number of halogens is 1. The van der Waals surface area contributed by atoms with Crippen molar-refractivity contribution in [2.45, 2.75) is 19.3 Å². The summed E-state index contributed by atoms with van der Waals surface area (Å²) in [6, 6.07) is 5.55. The van der Waals surface area contributed by atoms with E-state index in [1.165, 1.54) is 18.4 Å². The molecule has 1 aliphatic heterocycles. The number of nitrogens with one attached hydrogen (secondary N) is 1. The fraction of sp³-hybridized carbons (Fsp3) is 0.500. The Bertz CT molecular complexity index is 334. The van der Waals surface area contributed by atoms with Crippen molar-refractivity contribution < 1.29 is 5.11 Å². The molecule has 1 fully saturated rings. The van der Waals surface area contributed by atoms with Gasteiger partial charge in [-0.25, -0.2) is 0 Å². The van der Waals surface area contributed by atoms with Gasteiger partial charge in [0, 0.05) is 4.47 Å². The predicted molar refractivity (Wildman–Crippen MR) is 65.1 cm³/mol. The van der Waals surface area contributed by atoms with Gasteiger partial charge in [0.25, 0.3) is 0 Å². The molecule has 2 N–H and O–H groups in total. The molecular formula is C12H16BrNO. The maximum Gasteiger partial charge on any atom is 0.116 e. The molecule has 0 spiro atoms. The maximum atomic E-state index is 9.30. The Balaban J connectivity index is 2.03. The Morgan fingerprint density at radius 1 is 1.33 bits per heavy atom. The molecule has 0 aliphatic carbocycles. The molecule has 0 radical (unpaired) electrons. The highest BCUT2D eigenvalue weighted by molar-refractivity contribution is 9.10. The van der Waals surface area contributed by atoms with E-state index in [1.54, 1.807) is 12.1 Å². The zero-order valence-electron chi connectivity index (χ0n) is 8.67. The molecule has 1 saturated heterocycles. The molecule has 0 atom stereocenters. The number of phenolic OH excluding ortho intramolecular Hbond substituents is 1. The topological polar surface area (TPSA) is 32.3 Å². The SMILES string of the molecule is Oc1ccc(CC2CCNCC2)c(Br)c1. The van der Waals surface area contributed by atoms with Gasteiger partial charge >= 0.3 is 0 Å². The van der Waals surface area contributed by atoms with E-state index in [0.717, 1.165) is 29.9 Å². The van der Waals surface area contributed by atoms with Crippen LogP contribution in [0.5, 0.6) is 5.75 Å². The molecule has 15 heavy (non-hydrogen) atoms. The van der Waals surface area contributed by atoms with Crippen LogP contribution in [-0.2, 0) is 6.42 Å². The molecular weight excluding hydrogens is 254 g/mol. The van der Waals surface area contributed by atoms with Crippen LogP contribution in [-0.4, -0.2) is 18.2 Å². The second-order valence-corrected chi connectivity index (χ2v) is 5.03. The average molecular weight is 270 g/mol. The number of hydrogen-bond acceptors (Lipinski definition) is 2. The third-order valence-electron chi connectivity index (χ3n) is 3.00. The van der Waals surface area contributed by atoms with Gasteiger partial charge in [-0.2, -0.15) is 0 Å². The summed E-state index contributed by atoms with van der Waals surface area (Å²) in [5.41, 5.74) is 1.31. The van der Waals surface area contributed by atoms with Crippen LogP contribution >= 0.6 is 15.9 Å². The zero-order valence-corrected chi connectivity index (χ0v) is 10.3. The smallest absolute Gasteiger partial charge is 0.116 e. The van der Waals surface area contributed by atoms with Gasteiger partial charge in [-0.1, -0.05) is 22.0 Å². The van der Waals surface area contributed by atoms with Gasteiger partial charge in [-0.05, 0) is 56.0 Å². The van der Waals surface area contributed by atoms with Gasteiger partial charge in [0.1, 0.15) is 5.75 Å². The first kappa shape index (κ1) is 11.0. The standard InChI is InChI=1S/C12H16BrNO/c13-12-8-11(15)2-1-10(12)7-9-3-5-14-6-4-9/h1-2,8-9,14-15H,3-7H2. The Labute approximate surface area is 98.8 Å². The van der Waals surface area contributed by atoms with Crippen LogP contribution in [0.1, 0.15) is 18.4 Å². The van der Waals surface area contributed by atoms with Crippen molar-refractivity contribution in [3.05, 3.63) is 28.2 Å². The number of benzene rings is 1. The van der Waals surface area contributed by atoms with Crippen LogP contribution in [0.3, 0.4) is 0 Å². The molecule has 0 bridgehead atoms. The lowest BCUT2D eigenvalue weighted by atomic mass is 9.91. The minimum absolute atomic E-state index is 0.330. The molecule has 3 heteroatoms. The van der Waals surface area contributed by atoms with Crippen LogP contribution in [0.2, 0.25) is 0 Å². The highest BCUT2D eigenvalue weighted by Gasteiger charge is 2.14. The highest BCUT2D eigenvalue weighted by Crippen LogP contribution is 2.26. The number of phenols is 1. The van der Waals surface area contributed by atoms with Crippen LogP contribution in [0.4, 0.5) is 0 Å². The first-order valence-electron chi connectivity index (χ1n) is 5.44. The molecule has 0 saturated carbocycles. The maximum absolute atomic E-state index is 9.30. The summed E-state index contributed by atoms with van der Waals surface area (Å²) in [5.74, 6) is 1.11. The summed E-state index contributed by atoms with van der Waals surface area (Å²) in [6.07, 6.45) is 3.63.